The normalized spacial score (nSPS) is 16.5. The minimum Gasteiger partial charge on any atom is -0.342 e. The highest BCUT2D eigenvalue weighted by molar-refractivity contribution is 7.15. The van der Waals surface area contributed by atoms with Crippen LogP contribution in [0.2, 0.25) is 0 Å². The zero-order chi connectivity index (χ0) is 23.1. The fourth-order valence-electron chi connectivity index (χ4n) is 4.40. The molecule has 1 atom stereocenters. The largest absolute Gasteiger partial charge is 0.342 e. The fraction of sp³-hybridized carbons (Fsp3) is 0.292. The summed E-state index contributed by atoms with van der Waals surface area (Å²) in [4.78, 5) is 27.6. The number of aryl methyl sites for hydroxylation is 1. The van der Waals surface area contributed by atoms with Crippen LogP contribution in [0.25, 0.3) is 21.5 Å². The van der Waals surface area contributed by atoms with Crippen LogP contribution < -0.4 is 0 Å². The Morgan fingerprint density at radius 1 is 1.12 bits per heavy atom. The summed E-state index contributed by atoms with van der Waals surface area (Å²) in [6.45, 7) is 2.33. The zero-order valence-corrected chi connectivity index (χ0v) is 18.7. The van der Waals surface area contributed by atoms with Crippen molar-refractivity contribution in [3.8, 4) is 10.4 Å². The molecule has 170 valence electrons. The highest BCUT2D eigenvalue weighted by Crippen LogP contribution is 2.34. The molecular formula is C24H21F3N4OS. The van der Waals surface area contributed by atoms with E-state index in [0.717, 1.165) is 25.3 Å². The number of carbonyl (C=O) groups is 1. The average Bonchev–Trinajstić information content (AvgIpc) is 3.40. The van der Waals surface area contributed by atoms with Gasteiger partial charge in [-0.15, -0.1) is 11.3 Å². The maximum atomic E-state index is 14.5. The number of aromatic amines is 1. The molecule has 1 unspecified atom stereocenters. The quantitative estimate of drug-likeness (QED) is 0.419. The molecule has 1 amide bonds. The summed E-state index contributed by atoms with van der Waals surface area (Å²) >= 11 is 1.29. The number of piperidine rings is 1. The molecule has 1 fully saturated rings. The molecule has 0 saturated carbocycles. The Morgan fingerprint density at radius 2 is 1.94 bits per heavy atom. The third-order valence-electron chi connectivity index (χ3n) is 5.97. The lowest BCUT2D eigenvalue weighted by Crippen LogP contribution is -2.45. The summed E-state index contributed by atoms with van der Waals surface area (Å²) in [7, 11) is 0. The Morgan fingerprint density at radius 3 is 2.76 bits per heavy atom. The number of nitrogens with zero attached hydrogens (tertiary/aromatic N) is 3. The van der Waals surface area contributed by atoms with Gasteiger partial charge in [0, 0.05) is 24.6 Å². The minimum atomic E-state index is -0.987. The summed E-state index contributed by atoms with van der Waals surface area (Å²) in [5, 5.41) is 0.681. The molecule has 1 N–H and O–H groups in total. The van der Waals surface area contributed by atoms with Crippen molar-refractivity contribution in [2.75, 3.05) is 6.54 Å². The molecule has 0 spiro atoms. The highest BCUT2D eigenvalue weighted by atomic mass is 32.1. The number of thiazole rings is 1. The number of imidazole rings is 1. The van der Waals surface area contributed by atoms with Crippen molar-refractivity contribution in [1.29, 1.82) is 0 Å². The molecule has 2 aromatic carbocycles. The molecule has 0 aliphatic carbocycles. The Labute approximate surface area is 192 Å². The van der Waals surface area contributed by atoms with Crippen molar-refractivity contribution in [3.63, 3.8) is 0 Å². The van der Waals surface area contributed by atoms with E-state index in [1.807, 2.05) is 0 Å². The van der Waals surface area contributed by atoms with Gasteiger partial charge in [-0.3, -0.25) is 4.79 Å². The number of rotatable bonds is 4. The SMILES string of the molecule is Cc1nc(C(=O)N2CCCCC2Cc2nc3c(F)c(F)ccc3[nH]2)c(-c2ccccc2F)s1. The van der Waals surface area contributed by atoms with Gasteiger partial charge < -0.3 is 9.88 Å². The number of benzene rings is 2. The van der Waals surface area contributed by atoms with Gasteiger partial charge in [0.15, 0.2) is 11.6 Å². The van der Waals surface area contributed by atoms with Gasteiger partial charge in [0.1, 0.15) is 22.9 Å². The summed E-state index contributed by atoms with van der Waals surface area (Å²) in [5.41, 5.74) is 0.965. The zero-order valence-electron chi connectivity index (χ0n) is 17.9. The second-order valence-electron chi connectivity index (χ2n) is 8.18. The number of carbonyl (C=O) groups excluding carboxylic acids is 1. The number of halogens is 3. The van der Waals surface area contributed by atoms with Gasteiger partial charge in [-0.2, -0.15) is 0 Å². The van der Waals surface area contributed by atoms with Crippen LogP contribution in [0.15, 0.2) is 36.4 Å². The van der Waals surface area contributed by atoms with E-state index >= 15 is 0 Å². The number of fused-ring (bicyclic) bond motifs is 1. The van der Waals surface area contributed by atoms with E-state index in [-0.39, 0.29) is 23.2 Å². The lowest BCUT2D eigenvalue weighted by molar-refractivity contribution is 0.0607. The number of hydrogen-bond acceptors (Lipinski definition) is 4. The van der Waals surface area contributed by atoms with Crippen LogP contribution in [0.5, 0.6) is 0 Å². The van der Waals surface area contributed by atoms with Gasteiger partial charge in [0.25, 0.3) is 5.91 Å². The molecule has 4 aromatic rings. The van der Waals surface area contributed by atoms with Gasteiger partial charge in [0.05, 0.1) is 15.4 Å². The maximum absolute atomic E-state index is 14.5. The van der Waals surface area contributed by atoms with Crippen LogP contribution in [0, 0.1) is 24.4 Å². The Bertz CT molecular complexity index is 1350. The monoisotopic (exact) mass is 470 g/mol. The number of likely N-dealkylation sites (tertiary alicyclic amines) is 1. The molecule has 1 aliphatic rings. The van der Waals surface area contributed by atoms with E-state index in [1.165, 1.54) is 23.5 Å². The number of aromatic nitrogens is 3. The van der Waals surface area contributed by atoms with Crippen molar-refractivity contribution in [2.24, 2.45) is 0 Å². The third-order valence-corrected chi connectivity index (χ3v) is 6.97. The molecule has 1 aliphatic heterocycles. The van der Waals surface area contributed by atoms with Gasteiger partial charge >= 0.3 is 0 Å². The van der Waals surface area contributed by atoms with Crippen LogP contribution in [0.1, 0.15) is 40.6 Å². The first-order chi connectivity index (χ1) is 15.9. The van der Waals surface area contributed by atoms with Crippen molar-refractivity contribution in [2.45, 2.75) is 38.6 Å². The van der Waals surface area contributed by atoms with Crippen molar-refractivity contribution in [3.05, 3.63) is 70.4 Å². The molecule has 33 heavy (non-hydrogen) atoms. The van der Waals surface area contributed by atoms with Gasteiger partial charge in [-0.25, -0.2) is 23.1 Å². The fourth-order valence-corrected chi connectivity index (χ4v) is 5.34. The Kier molecular flexibility index (Phi) is 5.65. The second-order valence-corrected chi connectivity index (χ2v) is 9.39. The van der Waals surface area contributed by atoms with Gasteiger partial charge in [0.2, 0.25) is 0 Å². The van der Waals surface area contributed by atoms with Gasteiger partial charge in [-0.05, 0) is 44.4 Å². The Balaban J connectivity index is 1.46. The molecular weight excluding hydrogens is 449 g/mol. The van der Waals surface area contributed by atoms with E-state index in [2.05, 4.69) is 15.0 Å². The molecule has 5 rings (SSSR count). The first-order valence-electron chi connectivity index (χ1n) is 10.8. The average molecular weight is 471 g/mol. The number of H-pyrrole nitrogens is 1. The minimum absolute atomic E-state index is 0.0457. The van der Waals surface area contributed by atoms with Gasteiger partial charge in [-0.1, -0.05) is 18.2 Å². The molecule has 3 heterocycles. The van der Waals surface area contributed by atoms with Crippen LogP contribution in [0.3, 0.4) is 0 Å². The smallest absolute Gasteiger partial charge is 0.274 e. The van der Waals surface area contributed by atoms with Crippen molar-refractivity contribution in [1.82, 2.24) is 19.9 Å². The maximum Gasteiger partial charge on any atom is 0.274 e. The van der Waals surface area contributed by atoms with Crippen molar-refractivity contribution >= 4 is 28.3 Å². The van der Waals surface area contributed by atoms with E-state index in [4.69, 9.17) is 0 Å². The first kappa shape index (κ1) is 21.6. The molecule has 9 heteroatoms. The summed E-state index contributed by atoms with van der Waals surface area (Å²) in [6.07, 6.45) is 2.91. The second kappa shape index (κ2) is 8.62. The van der Waals surface area contributed by atoms with Crippen LogP contribution in [-0.2, 0) is 6.42 Å². The summed E-state index contributed by atoms with van der Waals surface area (Å²) < 4.78 is 42.1. The molecule has 0 bridgehead atoms. The van der Waals surface area contributed by atoms with E-state index in [1.54, 1.807) is 30.0 Å². The van der Waals surface area contributed by atoms with Crippen LogP contribution in [-0.4, -0.2) is 38.3 Å². The highest BCUT2D eigenvalue weighted by Gasteiger charge is 2.32. The number of amides is 1. The lowest BCUT2D eigenvalue weighted by atomic mass is 9.98. The predicted octanol–water partition coefficient (Wildman–Crippen LogP) is 5.65. The topological polar surface area (TPSA) is 61.9 Å². The number of nitrogens with one attached hydrogen (secondary N) is 1. The van der Waals surface area contributed by atoms with Crippen LogP contribution in [0.4, 0.5) is 13.2 Å². The molecule has 0 radical (unpaired) electrons. The molecule has 2 aromatic heterocycles. The predicted molar refractivity (Wildman–Crippen MR) is 121 cm³/mol. The first-order valence-corrected chi connectivity index (χ1v) is 11.6. The molecule has 5 nitrogen and oxygen atoms in total. The summed E-state index contributed by atoms with van der Waals surface area (Å²) in [6, 6.07) is 8.68. The number of hydrogen-bond donors (Lipinski definition) is 1. The lowest BCUT2D eigenvalue weighted by Gasteiger charge is -2.35. The molecule has 1 saturated heterocycles. The van der Waals surface area contributed by atoms with Crippen molar-refractivity contribution < 1.29 is 18.0 Å². The van der Waals surface area contributed by atoms with E-state index < -0.39 is 17.5 Å². The third kappa shape index (κ3) is 4.01. The van der Waals surface area contributed by atoms with E-state index in [0.29, 0.717) is 39.8 Å². The van der Waals surface area contributed by atoms with Crippen LogP contribution >= 0.6 is 11.3 Å². The standard InChI is InChI=1S/C24H21F3N4OS/c1-13-28-22(23(33-13)15-7-2-3-8-16(15)25)24(32)31-11-5-4-6-14(31)12-19-29-18-10-9-17(26)20(27)21(18)30-19/h2-3,7-10,14H,4-6,11-12H2,1H3,(H,29,30). The van der Waals surface area contributed by atoms with E-state index in [9.17, 15) is 18.0 Å². The Hall–Kier alpha value is -3.20. The summed E-state index contributed by atoms with van der Waals surface area (Å²) in [5.74, 6) is -2.10.